The van der Waals surface area contributed by atoms with Crippen molar-refractivity contribution in [2.45, 2.75) is 29.8 Å². The predicted octanol–water partition coefficient (Wildman–Crippen LogP) is 5.97. The third kappa shape index (κ3) is 2.59. The minimum Gasteiger partial charge on any atom is -0.333 e. The molecule has 3 aliphatic rings. The minimum absolute atomic E-state index is 0.258. The van der Waals surface area contributed by atoms with Crippen LogP contribution >= 0.6 is 23.5 Å². The highest BCUT2D eigenvalue weighted by atomic mass is 32.2. The van der Waals surface area contributed by atoms with Gasteiger partial charge in [0.2, 0.25) is 0 Å². The van der Waals surface area contributed by atoms with Crippen LogP contribution in [-0.2, 0) is 0 Å². The standard InChI is InChI=1S/C21H20N2S2/c1-2-8-16(9-3-1)21-22(19-12-6-14-24-19)17-10-4-5-11-18(17)23(21)20-13-7-15-25-20/h1-11,14-15,19-21H,12-13H2. The summed E-state index contributed by atoms with van der Waals surface area (Å²) in [6, 6.07) is 19.9. The van der Waals surface area contributed by atoms with Crippen molar-refractivity contribution in [1.82, 2.24) is 0 Å². The quantitative estimate of drug-likeness (QED) is 0.662. The molecule has 0 aromatic heterocycles. The zero-order valence-electron chi connectivity index (χ0n) is 13.9. The summed E-state index contributed by atoms with van der Waals surface area (Å²) in [5, 5.41) is 5.44. The van der Waals surface area contributed by atoms with Crippen LogP contribution in [-0.4, -0.2) is 10.7 Å². The van der Waals surface area contributed by atoms with E-state index in [1.807, 2.05) is 23.5 Å². The summed E-state index contributed by atoms with van der Waals surface area (Å²) < 4.78 is 0. The smallest absolute Gasteiger partial charge is 0.130 e. The van der Waals surface area contributed by atoms with Crippen LogP contribution in [0.4, 0.5) is 11.4 Å². The first kappa shape index (κ1) is 15.5. The van der Waals surface area contributed by atoms with E-state index in [0.717, 1.165) is 12.8 Å². The lowest BCUT2D eigenvalue weighted by Crippen LogP contribution is -2.42. The zero-order valence-corrected chi connectivity index (χ0v) is 15.5. The van der Waals surface area contributed by atoms with Crippen LogP contribution in [0.3, 0.4) is 0 Å². The van der Waals surface area contributed by atoms with Crippen molar-refractivity contribution in [3.05, 3.63) is 83.1 Å². The van der Waals surface area contributed by atoms with Gasteiger partial charge in [0.15, 0.2) is 0 Å². The van der Waals surface area contributed by atoms with Crippen molar-refractivity contribution in [1.29, 1.82) is 0 Å². The van der Waals surface area contributed by atoms with Gasteiger partial charge >= 0.3 is 0 Å². The molecular formula is C21H20N2S2. The fourth-order valence-corrected chi connectivity index (χ4v) is 5.95. The molecule has 4 heteroatoms. The number of hydrogen-bond acceptors (Lipinski definition) is 4. The van der Waals surface area contributed by atoms with Gasteiger partial charge in [0.25, 0.3) is 0 Å². The zero-order chi connectivity index (χ0) is 16.6. The molecule has 0 amide bonds. The second-order valence-electron chi connectivity index (χ2n) is 6.48. The van der Waals surface area contributed by atoms with E-state index in [-0.39, 0.29) is 6.17 Å². The summed E-state index contributed by atoms with van der Waals surface area (Å²) in [6.45, 7) is 0. The van der Waals surface area contributed by atoms with Crippen molar-refractivity contribution >= 4 is 34.9 Å². The van der Waals surface area contributed by atoms with Crippen LogP contribution < -0.4 is 9.80 Å². The Morgan fingerprint density at radius 3 is 1.68 bits per heavy atom. The summed E-state index contributed by atoms with van der Waals surface area (Å²) >= 11 is 3.88. The van der Waals surface area contributed by atoms with Crippen LogP contribution in [0.15, 0.2) is 77.6 Å². The normalized spacial score (nSPS) is 27.3. The maximum Gasteiger partial charge on any atom is 0.130 e. The van der Waals surface area contributed by atoms with Crippen LogP contribution in [0.5, 0.6) is 0 Å². The van der Waals surface area contributed by atoms with Gasteiger partial charge in [0, 0.05) is 0 Å². The number of anilines is 2. The lowest BCUT2D eigenvalue weighted by atomic mass is 10.1. The third-order valence-corrected chi connectivity index (χ3v) is 7.19. The van der Waals surface area contributed by atoms with Gasteiger partial charge < -0.3 is 9.80 Å². The molecule has 0 radical (unpaired) electrons. The van der Waals surface area contributed by atoms with E-state index in [2.05, 4.69) is 87.4 Å². The fraction of sp³-hybridized carbons (Fsp3) is 0.238. The molecule has 2 unspecified atom stereocenters. The number of para-hydroxylation sites is 2. The molecule has 2 atom stereocenters. The first-order valence-corrected chi connectivity index (χ1v) is 10.6. The second kappa shape index (κ2) is 6.50. The molecule has 25 heavy (non-hydrogen) atoms. The van der Waals surface area contributed by atoms with Crippen molar-refractivity contribution < 1.29 is 0 Å². The van der Waals surface area contributed by atoms with E-state index >= 15 is 0 Å². The maximum atomic E-state index is 2.63. The number of hydrogen-bond donors (Lipinski definition) is 0. The van der Waals surface area contributed by atoms with Crippen molar-refractivity contribution in [2.75, 3.05) is 9.80 Å². The molecule has 2 aromatic carbocycles. The molecule has 0 bridgehead atoms. The van der Waals surface area contributed by atoms with E-state index in [4.69, 9.17) is 0 Å². The molecule has 0 spiro atoms. The number of rotatable bonds is 3. The summed E-state index contributed by atoms with van der Waals surface area (Å²) in [6.07, 6.45) is 7.06. The van der Waals surface area contributed by atoms with Crippen molar-refractivity contribution in [2.24, 2.45) is 0 Å². The molecule has 0 saturated heterocycles. The SMILES string of the molecule is C1=CSC(N2c3ccccc3N(C3CC=CS3)C2c2ccccc2)C1. The summed E-state index contributed by atoms with van der Waals surface area (Å²) in [5.74, 6) is 0. The molecule has 5 rings (SSSR count). The number of nitrogens with zero attached hydrogens (tertiary/aromatic N) is 2. The second-order valence-corrected chi connectivity index (χ2v) is 8.66. The Balaban J connectivity index is 1.64. The lowest BCUT2D eigenvalue weighted by molar-refractivity contribution is 0.582. The Hall–Kier alpha value is -1.78. The number of fused-ring (bicyclic) bond motifs is 1. The van der Waals surface area contributed by atoms with E-state index in [1.165, 1.54) is 16.9 Å². The first-order valence-electron chi connectivity index (χ1n) is 8.75. The molecule has 2 nitrogen and oxygen atoms in total. The Morgan fingerprint density at radius 1 is 0.680 bits per heavy atom. The van der Waals surface area contributed by atoms with Gasteiger partial charge in [-0.15, -0.1) is 23.5 Å². The molecular weight excluding hydrogens is 344 g/mol. The highest BCUT2D eigenvalue weighted by Gasteiger charge is 2.43. The van der Waals surface area contributed by atoms with Gasteiger partial charge in [0.1, 0.15) is 6.17 Å². The van der Waals surface area contributed by atoms with Gasteiger partial charge in [0.05, 0.1) is 22.1 Å². The highest BCUT2D eigenvalue weighted by Crippen LogP contribution is 2.53. The molecule has 0 aliphatic carbocycles. The Labute approximate surface area is 157 Å². The molecule has 3 heterocycles. The third-order valence-electron chi connectivity index (χ3n) is 5.02. The Morgan fingerprint density at radius 2 is 1.20 bits per heavy atom. The van der Waals surface area contributed by atoms with Crippen LogP contribution in [0.2, 0.25) is 0 Å². The van der Waals surface area contributed by atoms with Gasteiger partial charge in [-0.25, -0.2) is 0 Å². The van der Waals surface area contributed by atoms with Gasteiger partial charge in [-0.2, -0.15) is 0 Å². The number of thioether (sulfide) groups is 2. The van der Waals surface area contributed by atoms with E-state index in [1.54, 1.807) is 0 Å². The maximum absolute atomic E-state index is 2.63. The average molecular weight is 365 g/mol. The summed E-state index contributed by atoms with van der Waals surface area (Å²) in [7, 11) is 0. The molecule has 126 valence electrons. The number of benzene rings is 2. The first-order chi connectivity index (χ1) is 12.4. The average Bonchev–Trinajstić information content (AvgIpc) is 3.40. The van der Waals surface area contributed by atoms with Crippen LogP contribution in [0.1, 0.15) is 24.6 Å². The predicted molar refractivity (Wildman–Crippen MR) is 111 cm³/mol. The largest absolute Gasteiger partial charge is 0.333 e. The summed E-state index contributed by atoms with van der Waals surface area (Å²) in [5.41, 5.74) is 4.11. The van der Waals surface area contributed by atoms with Gasteiger partial charge in [-0.3, -0.25) is 0 Å². The van der Waals surface area contributed by atoms with Crippen LogP contribution in [0.25, 0.3) is 0 Å². The van der Waals surface area contributed by atoms with Crippen molar-refractivity contribution in [3.63, 3.8) is 0 Å². The van der Waals surface area contributed by atoms with Gasteiger partial charge in [-0.1, -0.05) is 54.6 Å². The monoisotopic (exact) mass is 364 g/mol. The van der Waals surface area contributed by atoms with E-state index in [9.17, 15) is 0 Å². The fourth-order valence-electron chi connectivity index (χ4n) is 3.98. The highest BCUT2D eigenvalue weighted by molar-refractivity contribution is 8.03. The molecule has 2 aromatic rings. The summed E-state index contributed by atoms with van der Waals surface area (Å²) in [4.78, 5) is 5.27. The van der Waals surface area contributed by atoms with E-state index in [0.29, 0.717) is 10.7 Å². The molecule has 0 N–H and O–H groups in total. The topological polar surface area (TPSA) is 6.48 Å². The lowest BCUT2D eigenvalue weighted by Gasteiger charge is -2.39. The van der Waals surface area contributed by atoms with Crippen molar-refractivity contribution in [3.8, 4) is 0 Å². The van der Waals surface area contributed by atoms with E-state index < -0.39 is 0 Å². The van der Waals surface area contributed by atoms with Crippen LogP contribution in [0, 0.1) is 0 Å². The molecule has 0 fully saturated rings. The van der Waals surface area contributed by atoms with Gasteiger partial charge in [-0.05, 0) is 41.4 Å². The molecule has 0 saturated carbocycles. The Bertz CT molecular complexity index is 753. The molecule has 3 aliphatic heterocycles. The Kier molecular flexibility index (Phi) is 4.03. The minimum atomic E-state index is 0.258.